The molecule has 1 aromatic carbocycles. The first-order chi connectivity index (χ1) is 13.1. The average molecular weight is 370 g/mol. The van der Waals surface area contributed by atoms with Gasteiger partial charge >= 0.3 is 5.97 Å². The summed E-state index contributed by atoms with van der Waals surface area (Å²) in [6, 6.07) is 7.55. The largest absolute Gasteiger partial charge is 0.467 e. The highest BCUT2D eigenvalue weighted by Crippen LogP contribution is 2.30. The summed E-state index contributed by atoms with van der Waals surface area (Å²) in [6.45, 7) is 5.22. The van der Waals surface area contributed by atoms with E-state index in [1.54, 1.807) is 4.90 Å². The third-order valence-electron chi connectivity index (χ3n) is 6.18. The summed E-state index contributed by atoms with van der Waals surface area (Å²) in [7, 11) is 1.40. The number of aromatic nitrogens is 1. The number of hydrogen-bond acceptors (Lipinski definition) is 3. The molecule has 1 fully saturated rings. The molecule has 4 rings (SSSR count). The Bertz CT molecular complexity index is 851. The summed E-state index contributed by atoms with van der Waals surface area (Å²) >= 11 is 0. The number of esters is 1. The Hall–Kier alpha value is -2.34. The van der Waals surface area contributed by atoms with Crippen LogP contribution in [0.3, 0.4) is 0 Å². The lowest BCUT2D eigenvalue weighted by Crippen LogP contribution is -3.14. The fourth-order valence-corrected chi connectivity index (χ4v) is 4.48. The number of methoxy groups -OCH3 is 1. The Morgan fingerprint density at radius 1 is 1.26 bits per heavy atom. The number of ether oxygens (including phenoxy) is 1. The molecule has 0 aliphatic carbocycles. The van der Waals surface area contributed by atoms with Crippen molar-refractivity contribution in [2.24, 2.45) is 5.92 Å². The topological polar surface area (TPSA) is 66.8 Å². The number of fused-ring (bicyclic) bond motifs is 3. The van der Waals surface area contributed by atoms with Crippen LogP contribution in [0.1, 0.15) is 31.0 Å². The molecule has 27 heavy (non-hydrogen) atoms. The van der Waals surface area contributed by atoms with Crippen LogP contribution in [0.2, 0.25) is 0 Å². The van der Waals surface area contributed by atoms with E-state index in [0.717, 1.165) is 54.0 Å². The third kappa shape index (κ3) is 3.46. The predicted octanol–water partition coefficient (Wildman–Crippen LogP) is 0.909. The predicted molar refractivity (Wildman–Crippen MR) is 102 cm³/mol. The second-order valence-electron chi connectivity index (χ2n) is 8.00. The van der Waals surface area contributed by atoms with Crippen LogP contribution in [0, 0.1) is 5.92 Å². The van der Waals surface area contributed by atoms with E-state index in [1.807, 2.05) is 18.2 Å². The smallest absolute Gasteiger partial charge is 0.328 e. The maximum absolute atomic E-state index is 13.1. The van der Waals surface area contributed by atoms with Gasteiger partial charge in [-0.3, -0.25) is 4.79 Å². The molecule has 0 unspecified atom stereocenters. The highest BCUT2D eigenvalue weighted by atomic mass is 16.5. The van der Waals surface area contributed by atoms with Crippen LogP contribution in [0.15, 0.2) is 24.3 Å². The normalized spacial score (nSPS) is 25.3. The maximum atomic E-state index is 13.1. The first-order valence-electron chi connectivity index (χ1n) is 9.86. The lowest BCUT2D eigenvalue weighted by Gasteiger charge is -2.35. The summed E-state index contributed by atoms with van der Waals surface area (Å²) < 4.78 is 5.03. The molecular weight excluding hydrogens is 342 g/mol. The molecule has 1 saturated heterocycles. The second-order valence-corrected chi connectivity index (χ2v) is 8.00. The van der Waals surface area contributed by atoms with Crippen LogP contribution in [-0.2, 0) is 27.3 Å². The zero-order valence-corrected chi connectivity index (χ0v) is 16.1. The number of piperidine rings is 1. The van der Waals surface area contributed by atoms with Crippen molar-refractivity contribution in [3.63, 3.8) is 0 Å². The SMILES string of the molecule is COC(=O)[C@H]1Cc2c([nH]c3ccccc23)CN1C(=O)C[NH+]1CCC(C)CC1. The first-order valence-corrected chi connectivity index (χ1v) is 9.86. The number of rotatable bonds is 3. The summed E-state index contributed by atoms with van der Waals surface area (Å²) in [4.78, 5) is 32.0. The Morgan fingerprint density at radius 3 is 2.74 bits per heavy atom. The average Bonchev–Trinajstić information content (AvgIpc) is 3.05. The maximum Gasteiger partial charge on any atom is 0.328 e. The molecule has 1 aromatic heterocycles. The molecular formula is C21H28N3O3+. The van der Waals surface area contributed by atoms with E-state index in [-0.39, 0.29) is 11.9 Å². The van der Waals surface area contributed by atoms with Gasteiger partial charge in [0.1, 0.15) is 6.04 Å². The van der Waals surface area contributed by atoms with Crippen LogP contribution >= 0.6 is 0 Å². The minimum atomic E-state index is -0.544. The fourth-order valence-electron chi connectivity index (χ4n) is 4.48. The number of carbonyl (C=O) groups is 2. The van der Waals surface area contributed by atoms with E-state index in [2.05, 4.69) is 18.0 Å². The number of nitrogens with zero attached hydrogens (tertiary/aromatic N) is 1. The number of hydrogen-bond donors (Lipinski definition) is 2. The van der Waals surface area contributed by atoms with Gasteiger partial charge in [-0.05, 0) is 30.4 Å². The number of para-hydroxylation sites is 1. The molecule has 2 N–H and O–H groups in total. The number of benzene rings is 1. The van der Waals surface area contributed by atoms with Gasteiger partial charge in [-0.1, -0.05) is 25.1 Å². The molecule has 2 aliphatic heterocycles. The van der Waals surface area contributed by atoms with Crippen LogP contribution in [0.5, 0.6) is 0 Å². The number of aromatic amines is 1. The Labute approximate surface area is 159 Å². The number of amides is 1. The quantitative estimate of drug-likeness (QED) is 0.790. The number of quaternary nitrogens is 1. The highest BCUT2D eigenvalue weighted by molar-refractivity contribution is 5.90. The van der Waals surface area contributed by atoms with Gasteiger partial charge in [-0.15, -0.1) is 0 Å². The molecule has 0 saturated carbocycles. The van der Waals surface area contributed by atoms with Crippen molar-refractivity contribution in [3.05, 3.63) is 35.5 Å². The Morgan fingerprint density at radius 2 is 2.00 bits per heavy atom. The molecule has 144 valence electrons. The molecule has 3 heterocycles. The van der Waals surface area contributed by atoms with Gasteiger partial charge in [0.2, 0.25) is 0 Å². The molecule has 0 bridgehead atoms. The summed E-state index contributed by atoms with van der Waals surface area (Å²) in [6.07, 6.45) is 2.83. The number of nitrogens with one attached hydrogen (secondary N) is 2. The Kier molecular flexibility index (Phi) is 4.91. The molecule has 0 spiro atoms. The van der Waals surface area contributed by atoms with E-state index < -0.39 is 6.04 Å². The number of likely N-dealkylation sites (tertiary alicyclic amines) is 1. The van der Waals surface area contributed by atoms with Crippen LogP contribution in [-0.4, -0.2) is 54.5 Å². The molecule has 2 aliphatic rings. The van der Waals surface area contributed by atoms with Gasteiger partial charge in [0.15, 0.2) is 6.54 Å². The highest BCUT2D eigenvalue weighted by Gasteiger charge is 2.38. The summed E-state index contributed by atoms with van der Waals surface area (Å²) in [5.74, 6) is 0.455. The zero-order chi connectivity index (χ0) is 19.0. The molecule has 1 amide bonds. The van der Waals surface area contributed by atoms with E-state index in [9.17, 15) is 9.59 Å². The van der Waals surface area contributed by atoms with Gasteiger partial charge in [0.25, 0.3) is 5.91 Å². The van der Waals surface area contributed by atoms with Crippen molar-refractivity contribution >= 4 is 22.8 Å². The molecule has 0 radical (unpaired) electrons. The first kappa shape index (κ1) is 18.0. The van der Waals surface area contributed by atoms with Crippen molar-refractivity contribution in [1.82, 2.24) is 9.88 Å². The van der Waals surface area contributed by atoms with Crippen molar-refractivity contribution in [2.75, 3.05) is 26.7 Å². The lowest BCUT2D eigenvalue weighted by atomic mass is 9.96. The lowest BCUT2D eigenvalue weighted by molar-refractivity contribution is -0.898. The zero-order valence-electron chi connectivity index (χ0n) is 16.1. The van der Waals surface area contributed by atoms with Gasteiger partial charge in [0, 0.05) is 23.0 Å². The van der Waals surface area contributed by atoms with E-state index in [0.29, 0.717) is 19.5 Å². The Balaban J connectivity index is 1.58. The number of carbonyl (C=O) groups excluding carboxylic acids is 2. The van der Waals surface area contributed by atoms with Gasteiger partial charge < -0.3 is 19.5 Å². The van der Waals surface area contributed by atoms with Gasteiger partial charge in [-0.25, -0.2) is 4.79 Å². The minimum Gasteiger partial charge on any atom is -0.467 e. The van der Waals surface area contributed by atoms with Crippen LogP contribution < -0.4 is 4.90 Å². The van der Waals surface area contributed by atoms with E-state index in [4.69, 9.17) is 4.74 Å². The van der Waals surface area contributed by atoms with Crippen LogP contribution in [0.25, 0.3) is 10.9 Å². The van der Waals surface area contributed by atoms with Crippen molar-refractivity contribution in [3.8, 4) is 0 Å². The molecule has 1 atom stereocenters. The van der Waals surface area contributed by atoms with Crippen molar-refractivity contribution in [1.29, 1.82) is 0 Å². The molecule has 6 heteroatoms. The molecule has 6 nitrogen and oxygen atoms in total. The summed E-state index contributed by atoms with van der Waals surface area (Å²) in [5, 5.41) is 1.13. The third-order valence-corrected chi connectivity index (χ3v) is 6.18. The minimum absolute atomic E-state index is 0.0410. The van der Waals surface area contributed by atoms with Crippen molar-refractivity contribution in [2.45, 2.75) is 38.8 Å². The monoisotopic (exact) mass is 370 g/mol. The summed E-state index contributed by atoms with van der Waals surface area (Å²) in [5.41, 5.74) is 3.22. The number of H-pyrrole nitrogens is 1. The van der Waals surface area contributed by atoms with E-state index >= 15 is 0 Å². The molecule has 2 aromatic rings. The van der Waals surface area contributed by atoms with Gasteiger partial charge in [0.05, 0.1) is 26.7 Å². The standard InChI is InChI=1S/C21H27N3O3/c1-14-7-9-23(10-8-14)13-20(25)24-12-18-16(11-19(24)21(26)27-2)15-5-3-4-6-17(15)22-18/h3-6,14,19,22H,7-13H2,1-2H3/p+1/t19-/m1/s1. The van der Waals surface area contributed by atoms with Gasteiger partial charge in [-0.2, -0.15) is 0 Å². The van der Waals surface area contributed by atoms with E-state index in [1.165, 1.54) is 12.0 Å². The van der Waals surface area contributed by atoms with Crippen LogP contribution in [0.4, 0.5) is 0 Å². The van der Waals surface area contributed by atoms with Crippen molar-refractivity contribution < 1.29 is 19.2 Å². The second kappa shape index (κ2) is 7.35. The fraction of sp³-hybridized carbons (Fsp3) is 0.524.